The highest BCUT2D eigenvalue weighted by Gasteiger charge is 2.13. The Bertz CT molecular complexity index is 662. The van der Waals surface area contributed by atoms with Crippen LogP contribution in [-0.2, 0) is 0 Å². The molecular formula is C8H6FN7O. The number of fused-ring (bicyclic) bond motifs is 1. The second-order valence-electron chi connectivity index (χ2n) is 3.12. The van der Waals surface area contributed by atoms with E-state index in [1.54, 1.807) is 12.1 Å². The largest absolute Gasteiger partial charge is 0.461 e. The first-order chi connectivity index (χ1) is 8.28. The van der Waals surface area contributed by atoms with Crippen LogP contribution in [0.15, 0.2) is 22.8 Å². The molecule has 0 aliphatic carbocycles. The predicted molar refractivity (Wildman–Crippen MR) is 55.4 cm³/mol. The maximum atomic E-state index is 12.2. The van der Waals surface area contributed by atoms with Gasteiger partial charge in [0, 0.05) is 0 Å². The van der Waals surface area contributed by atoms with Crippen molar-refractivity contribution in [1.82, 2.24) is 24.6 Å². The molecule has 0 radical (unpaired) electrons. The quantitative estimate of drug-likeness (QED) is 0.628. The van der Waals surface area contributed by atoms with Gasteiger partial charge in [-0.2, -0.15) is 25.0 Å². The molecule has 86 valence electrons. The van der Waals surface area contributed by atoms with Gasteiger partial charge in [-0.25, -0.2) is 0 Å². The molecule has 0 bridgehead atoms. The van der Waals surface area contributed by atoms with E-state index in [0.29, 0.717) is 11.6 Å². The molecule has 3 heterocycles. The number of hydrogen-bond acceptors (Lipinski definition) is 7. The van der Waals surface area contributed by atoms with E-state index in [2.05, 4.69) is 20.1 Å². The molecule has 17 heavy (non-hydrogen) atoms. The van der Waals surface area contributed by atoms with Crippen molar-refractivity contribution >= 4 is 17.7 Å². The second kappa shape index (κ2) is 3.40. The van der Waals surface area contributed by atoms with E-state index in [9.17, 15) is 4.48 Å². The third-order valence-corrected chi connectivity index (χ3v) is 2.06. The van der Waals surface area contributed by atoms with E-state index < -0.39 is 0 Å². The maximum Gasteiger partial charge on any atom is 0.259 e. The number of hydrogen-bond donors (Lipinski definition) is 2. The highest BCUT2D eigenvalue weighted by molar-refractivity contribution is 5.52. The Morgan fingerprint density at radius 1 is 1.35 bits per heavy atom. The summed E-state index contributed by atoms with van der Waals surface area (Å²) in [5, 5.41) is 4.04. The number of halogens is 1. The van der Waals surface area contributed by atoms with Gasteiger partial charge in [0.15, 0.2) is 5.76 Å². The molecule has 0 saturated carbocycles. The fourth-order valence-corrected chi connectivity index (χ4v) is 1.36. The lowest BCUT2D eigenvalue weighted by Gasteiger charge is -1.97. The van der Waals surface area contributed by atoms with Crippen LogP contribution in [0.1, 0.15) is 0 Å². The molecule has 0 amide bonds. The van der Waals surface area contributed by atoms with E-state index >= 15 is 0 Å². The van der Waals surface area contributed by atoms with Gasteiger partial charge in [0.05, 0.1) is 6.26 Å². The van der Waals surface area contributed by atoms with Crippen molar-refractivity contribution in [2.75, 3.05) is 11.3 Å². The van der Waals surface area contributed by atoms with Crippen LogP contribution in [0.25, 0.3) is 17.4 Å². The maximum absolute atomic E-state index is 12.2. The molecule has 0 atom stereocenters. The number of furan rings is 1. The van der Waals surface area contributed by atoms with Crippen LogP contribution in [-0.4, -0.2) is 24.6 Å². The Labute approximate surface area is 93.2 Å². The molecule has 0 saturated heterocycles. The lowest BCUT2D eigenvalue weighted by atomic mass is 10.4. The van der Waals surface area contributed by atoms with Crippen LogP contribution >= 0.6 is 0 Å². The molecule has 0 spiro atoms. The minimum Gasteiger partial charge on any atom is -0.461 e. The van der Waals surface area contributed by atoms with Gasteiger partial charge < -0.3 is 10.2 Å². The fourth-order valence-electron chi connectivity index (χ4n) is 1.36. The Morgan fingerprint density at radius 3 is 2.94 bits per heavy atom. The molecule has 8 nitrogen and oxygen atoms in total. The smallest absolute Gasteiger partial charge is 0.259 e. The molecule has 0 aliphatic rings. The van der Waals surface area contributed by atoms with Crippen LogP contribution in [0.4, 0.5) is 16.4 Å². The van der Waals surface area contributed by atoms with Gasteiger partial charge in [-0.1, -0.05) is 0 Å². The van der Waals surface area contributed by atoms with Crippen molar-refractivity contribution in [2.24, 2.45) is 0 Å². The number of nitrogens with zero attached hydrogens (tertiary/aromatic N) is 5. The number of rotatable bonds is 2. The summed E-state index contributed by atoms with van der Waals surface area (Å²) in [6.07, 6.45) is 1.49. The van der Waals surface area contributed by atoms with E-state index in [4.69, 9.17) is 10.2 Å². The monoisotopic (exact) mass is 235 g/mol. The molecule has 3 aromatic rings. The molecule has 0 fully saturated rings. The number of nitrogens with one attached hydrogen (secondary N) is 1. The van der Waals surface area contributed by atoms with E-state index in [-0.39, 0.29) is 17.7 Å². The van der Waals surface area contributed by atoms with E-state index in [1.165, 1.54) is 16.3 Å². The average Bonchev–Trinajstić information content (AvgIpc) is 2.96. The van der Waals surface area contributed by atoms with Crippen LogP contribution in [0.2, 0.25) is 0 Å². The van der Waals surface area contributed by atoms with Crippen molar-refractivity contribution in [3.8, 4) is 11.6 Å². The number of nitrogen functional groups attached to an aromatic ring is 1. The molecule has 3 rings (SSSR count). The van der Waals surface area contributed by atoms with Gasteiger partial charge >= 0.3 is 0 Å². The van der Waals surface area contributed by atoms with Gasteiger partial charge in [-0.15, -0.1) is 9.58 Å². The lowest BCUT2D eigenvalue weighted by molar-refractivity contribution is 0.577. The van der Waals surface area contributed by atoms with Crippen molar-refractivity contribution in [3.05, 3.63) is 18.4 Å². The minimum absolute atomic E-state index is 0.0274. The molecule has 0 aromatic carbocycles. The van der Waals surface area contributed by atoms with E-state index in [0.717, 1.165) is 0 Å². The van der Waals surface area contributed by atoms with Crippen molar-refractivity contribution in [1.29, 1.82) is 0 Å². The Morgan fingerprint density at radius 2 is 2.24 bits per heavy atom. The Kier molecular flexibility index (Phi) is 1.90. The zero-order valence-corrected chi connectivity index (χ0v) is 8.33. The second-order valence-corrected chi connectivity index (χ2v) is 3.12. The summed E-state index contributed by atoms with van der Waals surface area (Å²) in [5.74, 6) is 0.592. The summed E-state index contributed by atoms with van der Waals surface area (Å²) in [6.45, 7) is 0. The van der Waals surface area contributed by atoms with Gasteiger partial charge in [0.25, 0.3) is 11.7 Å². The Hall–Kier alpha value is -2.71. The summed E-state index contributed by atoms with van der Waals surface area (Å²) in [7, 11) is 0. The van der Waals surface area contributed by atoms with E-state index in [1.807, 2.05) is 0 Å². The standard InChI is InChI=1S/C8H6FN7O/c9-14-7-12-6(10)16-8(13-7)11-5(15-16)4-2-1-3-17-4/h1-3H,(H3,10,11,12,13,14,15). The summed E-state index contributed by atoms with van der Waals surface area (Å²) in [4.78, 5) is 11.4. The van der Waals surface area contributed by atoms with Gasteiger partial charge in [0.2, 0.25) is 11.8 Å². The fraction of sp³-hybridized carbons (Fsp3) is 0. The zero-order valence-electron chi connectivity index (χ0n) is 8.33. The summed E-state index contributed by atoms with van der Waals surface area (Å²) in [6, 6.07) is 3.39. The topological polar surface area (TPSA) is 107 Å². The van der Waals surface area contributed by atoms with Gasteiger partial charge in [-0.05, 0) is 12.1 Å². The number of nitrogens with two attached hydrogens (primary N) is 1. The lowest BCUT2D eigenvalue weighted by Crippen LogP contribution is -2.06. The van der Waals surface area contributed by atoms with Crippen molar-refractivity contribution in [3.63, 3.8) is 0 Å². The van der Waals surface area contributed by atoms with Crippen LogP contribution < -0.4 is 11.3 Å². The summed E-state index contributed by atoms with van der Waals surface area (Å²) < 4.78 is 18.5. The first kappa shape index (κ1) is 9.51. The number of anilines is 2. The molecule has 0 unspecified atom stereocenters. The van der Waals surface area contributed by atoms with Crippen LogP contribution in [0.5, 0.6) is 0 Å². The first-order valence-corrected chi connectivity index (χ1v) is 4.59. The highest BCUT2D eigenvalue weighted by Crippen LogP contribution is 2.17. The van der Waals surface area contributed by atoms with Crippen molar-refractivity contribution < 1.29 is 8.90 Å². The third kappa shape index (κ3) is 1.44. The molecule has 9 heteroatoms. The molecular weight excluding hydrogens is 229 g/mol. The van der Waals surface area contributed by atoms with Crippen molar-refractivity contribution in [2.45, 2.75) is 0 Å². The Balaban J connectivity index is 2.22. The average molecular weight is 235 g/mol. The minimum atomic E-state index is -0.270. The van der Waals surface area contributed by atoms with Crippen LogP contribution in [0, 0.1) is 0 Å². The SMILES string of the molecule is Nc1nc(NF)nc2nc(-c3ccco3)nn12. The van der Waals surface area contributed by atoms with Gasteiger partial charge in [-0.3, -0.25) is 0 Å². The summed E-state index contributed by atoms with van der Waals surface area (Å²) >= 11 is 0. The molecule has 3 N–H and O–H groups in total. The molecule has 0 aliphatic heterocycles. The molecule has 3 aromatic heterocycles. The number of aromatic nitrogens is 5. The first-order valence-electron chi connectivity index (χ1n) is 4.59. The highest BCUT2D eigenvalue weighted by atomic mass is 19.2. The normalized spacial score (nSPS) is 10.9. The van der Waals surface area contributed by atoms with Gasteiger partial charge in [0.1, 0.15) is 0 Å². The summed E-state index contributed by atoms with van der Waals surface area (Å²) in [5.41, 5.74) is 6.87. The zero-order chi connectivity index (χ0) is 11.8. The third-order valence-electron chi connectivity index (χ3n) is 2.06. The predicted octanol–water partition coefficient (Wildman–Crippen LogP) is 0.658. The van der Waals surface area contributed by atoms with Crippen LogP contribution in [0.3, 0.4) is 0 Å².